The highest BCUT2D eigenvalue weighted by Crippen LogP contribution is 2.41. The van der Waals surface area contributed by atoms with Gasteiger partial charge >= 0.3 is 0 Å². The fraction of sp³-hybridized carbons (Fsp3) is 0.722. The molecule has 25 heavy (non-hydrogen) atoms. The lowest BCUT2D eigenvalue weighted by Crippen LogP contribution is -2.51. The van der Waals surface area contributed by atoms with Crippen LogP contribution in [0.3, 0.4) is 0 Å². The van der Waals surface area contributed by atoms with Gasteiger partial charge in [0.2, 0.25) is 11.8 Å². The number of carbonyl (C=O) groups is 2. The molecule has 1 aliphatic carbocycles. The molecule has 3 aliphatic rings. The Morgan fingerprint density at radius 3 is 2.84 bits per heavy atom. The second-order valence-electron chi connectivity index (χ2n) is 8.01. The van der Waals surface area contributed by atoms with Crippen LogP contribution in [0, 0.1) is 18.3 Å². The van der Waals surface area contributed by atoms with Crippen molar-refractivity contribution in [3.8, 4) is 0 Å². The van der Waals surface area contributed by atoms with Gasteiger partial charge in [-0.15, -0.1) is 0 Å². The van der Waals surface area contributed by atoms with Crippen LogP contribution in [0.2, 0.25) is 0 Å². The minimum atomic E-state index is -0.353. The Kier molecular flexibility index (Phi) is 3.96. The normalized spacial score (nSPS) is 26.7. The predicted octanol–water partition coefficient (Wildman–Crippen LogP) is 1.02. The summed E-state index contributed by atoms with van der Waals surface area (Å²) in [5.74, 6) is 1.49. The zero-order chi connectivity index (χ0) is 17.6. The molecule has 4 rings (SSSR count). The van der Waals surface area contributed by atoms with E-state index in [9.17, 15) is 9.59 Å². The number of amides is 2. The first-order valence-corrected chi connectivity index (χ1v) is 9.34. The number of aromatic nitrogens is 2. The molecule has 1 saturated carbocycles. The number of nitrogen functional groups attached to an aromatic ring is 1. The van der Waals surface area contributed by atoms with Crippen molar-refractivity contribution >= 4 is 17.6 Å². The van der Waals surface area contributed by atoms with Crippen LogP contribution < -0.4 is 5.73 Å². The lowest BCUT2D eigenvalue weighted by Gasteiger charge is -2.39. The van der Waals surface area contributed by atoms with Crippen LogP contribution in [0.4, 0.5) is 5.82 Å². The number of rotatable bonds is 4. The Labute approximate surface area is 148 Å². The lowest BCUT2D eigenvalue weighted by atomic mass is 9.78. The van der Waals surface area contributed by atoms with E-state index in [2.05, 4.69) is 10.00 Å². The molecule has 1 atom stereocenters. The average molecular weight is 345 g/mol. The van der Waals surface area contributed by atoms with E-state index < -0.39 is 0 Å². The number of carbonyl (C=O) groups excluding carboxylic acids is 2. The highest BCUT2D eigenvalue weighted by atomic mass is 16.2. The molecule has 2 saturated heterocycles. The van der Waals surface area contributed by atoms with Crippen LogP contribution in [-0.4, -0.2) is 57.6 Å². The first-order chi connectivity index (χ1) is 12.0. The van der Waals surface area contributed by atoms with E-state index in [1.807, 2.05) is 11.8 Å². The second-order valence-corrected chi connectivity index (χ2v) is 8.01. The van der Waals surface area contributed by atoms with E-state index in [0.717, 1.165) is 38.0 Å². The van der Waals surface area contributed by atoms with Gasteiger partial charge in [-0.2, -0.15) is 5.10 Å². The van der Waals surface area contributed by atoms with E-state index in [1.54, 1.807) is 10.7 Å². The Morgan fingerprint density at radius 1 is 1.36 bits per heavy atom. The van der Waals surface area contributed by atoms with E-state index in [1.165, 1.54) is 12.8 Å². The topological polar surface area (TPSA) is 84.5 Å². The molecule has 136 valence electrons. The molecule has 0 bridgehead atoms. The second kappa shape index (κ2) is 6.04. The molecule has 2 amide bonds. The van der Waals surface area contributed by atoms with Crippen LogP contribution >= 0.6 is 0 Å². The van der Waals surface area contributed by atoms with Crippen molar-refractivity contribution in [2.75, 3.05) is 31.9 Å². The minimum Gasteiger partial charge on any atom is -0.384 e. The molecule has 2 aliphatic heterocycles. The summed E-state index contributed by atoms with van der Waals surface area (Å²) in [5.41, 5.74) is 6.34. The largest absolute Gasteiger partial charge is 0.384 e. The van der Waals surface area contributed by atoms with Gasteiger partial charge in [0.1, 0.15) is 12.4 Å². The van der Waals surface area contributed by atoms with Crippen molar-refractivity contribution in [2.45, 2.75) is 45.6 Å². The molecular formula is C18H27N5O2. The quantitative estimate of drug-likeness (QED) is 0.883. The maximum Gasteiger partial charge on any atom is 0.244 e. The summed E-state index contributed by atoms with van der Waals surface area (Å²) in [4.78, 5) is 29.6. The third-order valence-corrected chi connectivity index (χ3v) is 5.92. The zero-order valence-electron chi connectivity index (χ0n) is 14.9. The summed E-state index contributed by atoms with van der Waals surface area (Å²) in [6.45, 7) is 5.01. The highest BCUT2D eigenvalue weighted by molar-refractivity contribution is 5.86. The summed E-state index contributed by atoms with van der Waals surface area (Å²) in [6, 6.07) is 1.76. The fourth-order valence-corrected chi connectivity index (χ4v) is 4.32. The number of nitrogens with zero attached hydrogens (tertiary/aromatic N) is 4. The molecular weight excluding hydrogens is 318 g/mol. The van der Waals surface area contributed by atoms with Gasteiger partial charge in [0.05, 0.1) is 11.1 Å². The van der Waals surface area contributed by atoms with E-state index in [4.69, 9.17) is 5.73 Å². The number of anilines is 1. The van der Waals surface area contributed by atoms with Crippen LogP contribution in [-0.2, 0) is 16.1 Å². The summed E-state index contributed by atoms with van der Waals surface area (Å²) in [5, 5.41) is 4.26. The molecule has 7 heteroatoms. The summed E-state index contributed by atoms with van der Waals surface area (Å²) in [6.07, 6.45) is 5.25. The van der Waals surface area contributed by atoms with Crippen molar-refractivity contribution in [1.29, 1.82) is 0 Å². The Balaban J connectivity index is 1.41. The number of hydrogen-bond acceptors (Lipinski definition) is 4. The van der Waals surface area contributed by atoms with Crippen molar-refractivity contribution < 1.29 is 9.59 Å². The molecule has 0 unspecified atom stereocenters. The Hall–Kier alpha value is -2.05. The maximum absolute atomic E-state index is 13.0. The van der Waals surface area contributed by atoms with Crippen LogP contribution in [0.5, 0.6) is 0 Å². The van der Waals surface area contributed by atoms with Crippen molar-refractivity contribution in [2.24, 2.45) is 11.3 Å². The Morgan fingerprint density at radius 2 is 2.16 bits per heavy atom. The Bertz CT molecular complexity index is 696. The molecule has 1 aromatic heterocycles. The van der Waals surface area contributed by atoms with Gasteiger partial charge in [0.15, 0.2) is 0 Å². The van der Waals surface area contributed by atoms with Gasteiger partial charge in [-0.05, 0) is 44.9 Å². The van der Waals surface area contributed by atoms with Crippen molar-refractivity contribution in [3.05, 3.63) is 11.8 Å². The standard InChI is InChI=1S/C18H27N5O2/c1-13-9-15(19)23(20-13)11-16(24)22-8-6-18(12-22)5-2-7-21(17(18)25)10-14-3-4-14/h9,14H,2-8,10-12,19H2,1H3/t18-/m1/s1. The molecule has 7 nitrogen and oxygen atoms in total. The van der Waals surface area contributed by atoms with Crippen molar-refractivity contribution in [1.82, 2.24) is 19.6 Å². The summed E-state index contributed by atoms with van der Waals surface area (Å²) in [7, 11) is 0. The number of likely N-dealkylation sites (tertiary alicyclic amines) is 2. The molecule has 1 aromatic rings. The van der Waals surface area contributed by atoms with Crippen LogP contribution in [0.1, 0.15) is 37.8 Å². The third-order valence-electron chi connectivity index (χ3n) is 5.92. The molecule has 1 spiro atoms. The van der Waals surface area contributed by atoms with Crippen LogP contribution in [0.25, 0.3) is 0 Å². The van der Waals surface area contributed by atoms with Crippen LogP contribution in [0.15, 0.2) is 6.07 Å². The minimum absolute atomic E-state index is 0.00112. The van der Waals surface area contributed by atoms with E-state index in [-0.39, 0.29) is 23.8 Å². The highest BCUT2D eigenvalue weighted by Gasteiger charge is 2.49. The zero-order valence-corrected chi connectivity index (χ0v) is 14.9. The van der Waals surface area contributed by atoms with Gasteiger partial charge < -0.3 is 15.5 Å². The third kappa shape index (κ3) is 3.12. The first-order valence-electron chi connectivity index (χ1n) is 9.34. The maximum atomic E-state index is 13.0. The molecule has 3 fully saturated rings. The van der Waals surface area contributed by atoms with Gasteiger partial charge in [0.25, 0.3) is 0 Å². The first kappa shape index (κ1) is 16.4. The average Bonchev–Trinajstić information content (AvgIpc) is 3.19. The molecule has 0 aromatic carbocycles. The molecule has 3 heterocycles. The van der Waals surface area contributed by atoms with Gasteiger partial charge in [-0.1, -0.05) is 0 Å². The van der Waals surface area contributed by atoms with Gasteiger partial charge in [-0.25, -0.2) is 4.68 Å². The lowest BCUT2D eigenvalue weighted by molar-refractivity contribution is -0.146. The number of piperidine rings is 1. The number of aryl methyl sites for hydroxylation is 1. The van der Waals surface area contributed by atoms with Gasteiger partial charge in [-0.3, -0.25) is 9.59 Å². The van der Waals surface area contributed by atoms with Crippen molar-refractivity contribution in [3.63, 3.8) is 0 Å². The van der Waals surface area contributed by atoms with Gasteiger partial charge in [0, 0.05) is 32.2 Å². The number of nitrogens with two attached hydrogens (primary N) is 1. The SMILES string of the molecule is Cc1cc(N)n(CC(=O)N2CC[C@]3(CCCN(CC4CC4)C3=O)C2)n1. The summed E-state index contributed by atoms with van der Waals surface area (Å²) >= 11 is 0. The van der Waals surface area contributed by atoms with E-state index >= 15 is 0 Å². The molecule has 2 N–H and O–H groups in total. The van der Waals surface area contributed by atoms with E-state index in [0.29, 0.717) is 24.8 Å². The molecule has 0 radical (unpaired) electrons. The fourth-order valence-electron chi connectivity index (χ4n) is 4.32. The smallest absolute Gasteiger partial charge is 0.244 e. The summed E-state index contributed by atoms with van der Waals surface area (Å²) < 4.78 is 1.55. The monoisotopic (exact) mass is 345 g/mol. The number of hydrogen-bond donors (Lipinski definition) is 1. The predicted molar refractivity (Wildman–Crippen MR) is 93.5 cm³/mol.